The topological polar surface area (TPSA) is 114 Å². The Balaban J connectivity index is 1.19. The van der Waals surface area contributed by atoms with Crippen LogP contribution in [-0.2, 0) is 4.79 Å². The molecule has 3 amide bonds. The summed E-state index contributed by atoms with van der Waals surface area (Å²) in [6, 6.07) is 18.9. The minimum atomic E-state index is -4.76. The van der Waals surface area contributed by atoms with E-state index in [9.17, 15) is 22.8 Å². The number of hydrogen-bond acceptors (Lipinski definition) is 7. The van der Waals surface area contributed by atoms with E-state index < -0.39 is 12.4 Å². The molecule has 3 aromatic carbocycles. The minimum absolute atomic E-state index is 0.163. The Labute approximate surface area is 235 Å². The summed E-state index contributed by atoms with van der Waals surface area (Å²) in [6.07, 6.45) is -1.89. The third-order valence-electron chi connectivity index (χ3n) is 5.59. The van der Waals surface area contributed by atoms with Crippen molar-refractivity contribution in [2.75, 3.05) is 10.7 Å². The number of amidine groups is 1. The van der Waals surface area contributed by atoms with Gasteiger partial charge in [0.15, 0.2) is 11.0 Å². The average Bonchev–Trinajstić information content (AvgIpc) is 3.56. The van der Waals surface area contributed by atoms with Crippen LogP contribution in [0.5, 0.6) is 5.75 Å². The van der Waals surface area contributed by atoms with Crippen LogP contribution in [0, 0.1) is 6.92 Å². The molecule has 1 aromatic heterocycles. The van der Waals surface area contributed by atoms with Crippen molar-refractivity contribution >= 4 is 40.8 Å². The number of thioether (sulfide) groups is 1. The summed E-state index contributed by atoms with van der Waals surface area (Å²) in [4.78, 5) is 34.3. The van der Waals surface area contributed by atoms with Gasteiger partial charge in [0.25, 0.3) is 0 Å². The van der Waals surface area contributed by atoms with E-state index in [0.29, 0.717) is 28.3 Å². The molecule has 14 heteroatoms. The van der Waals surface area contributed by atoms with Crippen LogP contribution in [0.25, 0.3) is 17.1 Å². The highest BCUT2D eigenvalue weighted by Gasteiger charge is 2.31. The molecule has 0 saturated carbocycles. The first-order valence-corrected chi connectivity index (χ1v) is 13.0. The lowest BCUT2D eigenvalue weighted by Gasteiger charge is -2.16. The molecule has 10 nitrogen and oxygen atoms in total. The van der Waals surface area contributed by atoms with Crippen molar-refractivity contribution in [3.05, 3.63) is 90.3 Å². The number of amides is 3. The predicted octanol–water partition coefficient (Wildman–Crippen LogP) is 5.32. The monoisotopic (exact) mass is 579 g/mol. The number of ether oxygens (including phenoxy) is 1. The van der Waals surface area contributed by atoms with Gasteiger partial charge in [0, 0.05) is 5.56 Å². The molecule has 0 atom stereocenters. The Morgan fingerprint density at radius 1 is 1.07 bits per heavy atom. The molecule has 208 valence electrons. The van der Waals surface area contributed by atoms with Crippen LogP contribution in [0.3, 0.4) is 0 Å². The van der Waals surface area contributed by atoms with E-state index in [1.807, 2.05) is 25.1 Å². The first-order chi connectivity index (χ1) is 19.6. The molecule has 0 radical (unpaired) electrons. The number of nitrogens with one attached hydrogen (secondary N) is 1. The Morgan fingerprint density at radius 3 is 2.54 bits per heavy atom. The second-order valence-electron chi connectivity index (χ2n) is 8.60. The second kappa shape index (κ2) is 11.6. The van der Waals surface area contributed by atoms with Gasteiger partial charge in [-0.15, -0.1) is 18.3 Å². The molecular formula is C27H20F3N7O3S. The zero-order chi connectivity index (χ0) is 29.0. The molecule has 5 rings (SSSR count). The fraction of sp³-hybridized carbons (Fsp3) is 0.111. The van der Waals surface area contributed by atoms with E-state index in [4.69, 9.17) is 0 Å². The lowest BCUT2D eigenvalue weighted by molar-refractivity contribution is -0.274. The summed E-state index contributed by atoms with van der Waals surface area (Å²) in [5.74, 6) is 0.0871. The predicted molar refractivity (Wildman–Crippen MR) is 148 cm³/mol. The van der Waals surface area contributed by atoms with Crippen molar-refractivity contribution in [2.45, 2.75) is 13.3 Å². The number of aryl methyl sites for hydroxylation is 1. The Morgan fingerprint density at radius 2 is 1.83 bits per heavy atom. The van der Waals surface area contributed by atoms with Gasteiger partial charge in [-0.3, -0.25) is 9.69 Å². The first-order valence-electron chi connectivity index (χ1n) is 12.0. The summed E-state index contributed by atoms with van der Waals surface area (Å²) in [7, 11) is 0. The highest BCUT2D eigenvalue weighted by molar-refractivity contribution is 8.15. The lowest BCUT2D eigenvalue weighted by atomic mass is 10.1. The fourth-order valence-electron chi connectivity index (χ4n) is 3.78. The van der Waals surface area contributed by atoms with E-state index in [0.717, 1.165) is 5.56 Å². The molecule has 1 N–H and O–H groups in total. The lowest BCUT2D eigenvalue weighted by Crippen LogP contribution is -2.30. The van der Waals surface area contributed by atoms with Crippen LogP contribution in [0.4, 0.5) is 23.7 Å². The summed E-state index contributed by atoms with van der Waals surface area (Å²) in [5, 5.41) is 8.57. The first kappa shape index (κ1) is 27.6. The van der Waals surface area contributed by atoms with Gasteiger partial charge in [-0.1, -0.05) is 48.2 Å². The smallest absolute Gasteiger partial charge is 0.406 e. The molecule has 1 aliphatic heterocycles. The number of nitrogens with zero attached hydrogens (tertiary/aromatic N) is 6. The number of benzene rings is 3. The van der Waals surface area contributed by atoms with Crippen molar-refractivity contribution in [1.29, 1.82) is 0 Å². The van der Waals surface area contributed by atoms with Crippen LogP contribution in [0.2, 0.25) is 0 Å². The number of hydrogen-bond donors (Lipinski definition) is 1. The van der Waals surface area contributed by atoms with Crippen molar-refractivity contribution in [1.82, 2.24) is 20.2 Å². The summed E-state index contributed by atoms with van der Waals surface area (Å²) >= 11 is 1.17. The zero-order valence-electron chi connectivity index (χ0n) is 21.2. The van der Waals surface area contributed by atoms with Crippen molar-refractivity contribution < 1.29 is 27.5 Å². The zero-order valence-corrected chi connectivity index (χ0v) is 22.1. The Bertz CT molecular complexity index is 1640. The van der Waals surface area contributed by atoms with Gasteiger partial charge in [-0.2, -0.15) is 10.1 Å². The number of rotatable bonds is 6. The van der Waals surface area contributed by atoms with E-state index in [1.165, 1.54) is 58.2 Å². The van der Waals surface area contributed by atoms with Gasteiger partial charge in [-0.25, -0.2) is 19.9 Å². The van der Waals surface area contributed by atoms with Gasteiger partial charge in [0.05, 0.1) is 23.3 Å². The molecule has 2 heterocycles. The van der Waals surface area contributed by atoms with E-state index in [1.54, 1.807) is 30.3 Å². The number of halogens is 3. The van der Waals surface area contributed by atoms with E-state index >= 15 is 0 Å². The van der Waals surface area contributed by atoms with Gasteiger partial charge < -0.3 is 4.74 Å². The molecular weight excluding hydrogens is 559 g/mol. The third kappa shape index (κ3) is 6.97. The van der Waals surface area contributed by atoms with Gasteiger partial charge in [0.2, 0.25) is 5.91 Å². The highest BCUT2D eigenvalue weighted by Crippen LogP contribution is 2.27. The van der Waals surface area contributed by atoms with Gasteiger partial charge in [-0.05, 0) is 54.4 Å². The number of carbonyl (C=O) groups excluding carboxylic acids is 2. The number of aromatic nitrogens is 3. The molecule has 0 unspecified atom stereocenters. The standard InChI is InChI=1S/C27H20F3N7O3S/c1-17-3-2-4-21(13-17)37-23(38)15-41-26(37)33-25(39)34-32-14-18-5-7-19(8-6-18)24-31-16-36(35-24)20-9-11-22(12-10-20)40-27(28,29)30/h2-14,16H,15H2,1H3,(H,34,39)/b32-14+,33-26-. The number of alkyl halides is 3. The van der Waals surface area contributed by atoms with Crippen LogP contribution < -0.4 is 15.1 Å². The molecule has 0 aliphatic carbocycles. The molecule has 1 saturated heterocycles. The third-order valence-corrected chi connectivity index (χ3v) is 6.52. The quantitative estimate of drug-likeness (QED) is 0.244. The molecule has 1 aliphatic rings. The van der Waals surface area contributed by atoms with Crippen LogP contribution in [0.15, 0.2) is 89.2 Å². The largest absolute Gasteiger partial charge is 0.573 e. The van der Waals surface area contributed by atoms with Crippen LogP contribution in [0.1, 0.15) is 11.1 Å². The molecule has 1 fully saturated rings. The summed E-state index contributed by atoms with van der Waals surface area (Å²) in [5.41, 5.74) is 5.82. The maximum Gasteiger partial charge on any atom is 0.573 e. The van der Waals surface area contributed by atoms with Crippen molar-refractivity contribution in [3.63, 3.8) is 0 Å². The molecule has 4 aromatic rings. The number of anilines is 1. The number of hydrazone groups is 1. The maximum absolute atomic E-state index is 12.4. The Hall–Kier alpha value is -4.98. The van der Waals surface area contributed by atoms with E-state index in [2.05, 4.69) is 30.3 Å². The molecule has 0 spiro atoms. The van der Waals surface area contributed by atoms with E-state index in [-0.39, 0.29) is 22.6 Å². The Kier molecular flexibility index (Phi) is 7.83. The summed E-state index contributed by atoms with van der Waals surface area (Å²) < 4.78 is 42.4. The molecule has 0 bridgehead atoms. The second-order valence-corrected chi connectivity index (χ2v) is 9.55. The summed E-state index contributed by atoms with van der Waals surface area (Å²) in [6.45, 7) is 1.91. The fourth-order valence-corrected chi connectivity index (χ4v) is 4.64. The van der Waals surface area contributed by atoms with Crippen LogP contribution >= 0.6 is 11.8 Å². The van der Waals surface area contributed by atoms with Gasteiger partial charge >= 0.3 is 12.4 Å². The normalized spacial score (nSPS) is 14.7. The average molecular weight is 580 g/mol. The highest BCUT2D eigenvalue weighted by atomic mass is 32.2. The molecule has 41 heavy (non-hydrogen) atoms. The number of aliphatic imine (C=N–C) groups is 1. The van der Waals surface area contributed by atoms with Gasteiger partial charge in [0.1, 0.15) is 12.1 Å². The number of urea groups is 1. The SMILES string of the molecule is Cc1cccc(N2C(=O)CS/C2=N\C(=O)N/N=C/c2ccc(-c3ncn(-c4ccc(OC(F)(F)F)cc4)n3)cc2)c1. The van der Waals surface area contributed by atoms with Crippen molar-refractivity contribution in [2.24, 2.45) is 10.1 Å². The minimum Gasteiger partial charge on any atom is -0.406 e. The van der Waals surface area contributed by atoms with Crippen LogP contribution in [-0.4, -0.2) is 50.2 Å². The van der Waals surface area contributed by atoms with Crippen molar-refractivity contribution in [3.8, 4) is 22.8 Å². The number of carbonyl (C=O) groups is 2. The maximum atomic E-state index is 12.4.